The van der Waals surface area contributed by atoms with Crippen LogP contribution >= 0.6 is 0 Å². The van der Waals surface area contributed by atoms with E-state index in [1.54, 1.807) is 6.07 Å². The van der Waals surface area contributed by atoms with Gasteiger partial charge in [0.05, 0.1) is 0 Å². The Morgan fingerprint density at radius 1 is 1.50 bits per heavy atom. The van der Waals surface area contributed by atoms with Gasteiger partial charge in [-0.15, -0.1) is 0 Å². The number of carbonyl (C=O) groups excluding carboxylic acids is 1. The normalized spacial score (nSPS) is 19.6. The van der Waals surface area contributed by atoms with Crippen LogP contribution in [0.4, 0.5) is 16.2 Å². The Morgan fingerprint density at radius 3 is 3.06 bits per heavy atom. The number of nitrogens with one attached hydrogen (secondary N) is 1. The summed E-state index contributed by atoms with van der Waals surface area (Å²) in [4.78, 5) is 14.2. The summed E-state index contributed by atoms with van der Waals surface area (Å²) >= 11 is 0. The molecule has 1 fully saturated rings. The highest BCUT2D eigenvalue weighted by molar-refractivity contribution is 5.90. The van der Waals surface area contributed by atoms with Crippen LogP contribution < -0.4 is 11.1 Å². The van der Waals surface area contributed by atoms with E-state index < -0.39 is 0 Å². The van der Waals surface area contributed by atoms with Gasteiger partial charge in [0.15, 0.2) is 0 Å². The number of hydrogen-bond acceptors (Lipinski definition) is 2. The Bertz CT molecular complexity index is 419. The summed E-state index contributed by atoms with van der Waals surface area (Å²) in [6, 6.07) is 7.66. The van der Waals surface area contributed by atoms with Crippen LogP contribution in [0.2, 0.25) is 0 Å². The van der Waals surface area contributed by atoms with Gasteiger partial charge in [-0.1, -0.05) is 13.0 Å². The van der Waals surface area contributed by atoms with Gasteiger partial charge >= 0.3 is 6.03 Å². The van der Waals surface area contributed by atoms with E-state index in [-0.39, 0.29) is 6.03 Å². The summed E-state index contributed by atoms with van der Waals surface area (Å²) in [6.45, 7) is 2.99. The number of benzene rings is 1. The molecule has 18 heavy (non-hydrogen) atoms. The van der Waals surface area contributed by atoms with Gasteiger partial charge in [-0.3, -0.25) is 0 Å². The van der Waals surface area contributed by atoms with Crippen molar-refractivity contribution in [2.45, 2.75) is 38.6 Å². The minimum Gasteiger partial charge on any atom is -0.399 e. The third-order valence-electron chi connectivity index (χ3n) is 3.50. The van der Waals surface area contributed by atoms with Crippen LogP contribution in [-0.4, -0.2) is 23.5 Å². The molecule has 1 aliphatic heterocycles. The maximum absolute atomic E-state index is 12.2. The van der Waals surface area contributed by atoms with Gasteiger partial charge in [-0.2, -0.15) is 0 Å². The van der Waals surface area contributed by atoms with Crippen LogP contribution in [0.1, 0.15) is 32.6 Å². The Balaban J connectivity index is 2.02. The first-order valence-corrected chi connectivity index (χ1v) is 6.64. The van der Waals surface area contributed by atoms with Crippen LogP contribution in [0.25, 0.3) is 0 Å². The molecule has 1 saturated heterocycles. The molecule has 4 heteroatoms. The predicted molar refractivity (Wildman–Crippen MR) is 74.5 cm³/mol. The summed E-state index contributed by atoms with van der Waals surface area (Å²) in [6.07, 6.45) is 4.45. The number of nitrogen functional groups attached to an aromatic ring is 1. The molecule has 0 aromatic heterocycles. The van der Waals surface area contributed by atoms with Gasteiger partial charge in [0, 0.05) is 24.0 Å². The van der Waals surface area contributed by atoms with Gasteiger partial charge in [-0.05, 0) is 43.9 Å². The number of rotatable bonds is 2. The number of urea groups is 1. The zero-order chi connectivity index (χ0) is 13.0. The number of amides is 2. The fourth-order valence-corrected chi connectivity index (χ4v) is 2.50. The average Bonchev–Trinajstić information content (AvgIpc) is 2.38. The molecule has 98 valence electrons. The second-order valence-electron chi connectivity index (χ2n) is 4.81. The summed E-state index contributed by atoms with van der Waals surface area (Å²) < 4.78 is 0. The highest BCUT2D eigenvalue weighted by Gasteiger charge is 2.25. The second-order valence-corrected chi connectivity index (χ2v) is 4.81. The molecule has 1 aromatic carbocycles. The molecule has 2 amide bonds. The number of carbonyl (C=O) groups is 1. The molecule has 0 radical (unpaired) electrons. The highest BCUT2D eigenvalue weighted by atomic mass is 16.2. The number of piperidine rings is 1. The lowest BCUT2D eigenvalue weighted by atomic mass is 10.0. The van der Waals surface area contributed by atoms with Crippen LogP contribution in [0.15, 0.2) is 24.3 Å². The van der Waals surface area contributed by atoms with E-state index in [1.807, 2.05) is 23.1 Å². The lowest BCUT2D eigenvalue weighted by Crippen LogP contribution is -2.45. The van der Waals surface area contributed by atoms with E-state index in [0.29, 0.717) is 11.7 Å². The van der Waals surface area contributed by atoms with Gasteiger partial charge < -0.3 is 16.0 Å². The number of nitrogens with two attached hydrogens (primary N) is 1. The van der Waals surface area contributed by atoms with E-state index in [2.05, 4.69) is 12.2 Å². The van der Waals surface area contributed by atoms with Crippen molar-refractivity contribution in [1.29, 1.82) is 0 Å². The summed E-state index contributed by atoms with van der Waals surface area (Å²) in [7, 11) is 0. The zero-order valence-corrected chi connectivity index (χ0v) is 10.9. The van der Waals surface area contributed by atoms with Crippen molar-refractivity contribution in [3.63, 3.8) is 0 Å². The second kappa shape index (κ2) is 5.76. The standard InChI is InChI=1S/C14H21N3O/c1-2-13-8-3-4-9-17(13)14(18)16-12-7-5-6-11(15)10-12/h5-7,10,13H,2-4,8-9,15H2,1H3,(H,16,18). The molecule has 1 aromatic rings. The van der Waals surface area contributed by atoms with Crippen molar-refractivity contribution in [3.05, 3.63) is 24.3 Å². The minimum atomic E-state index is -0.00727. The maximum Gasteiger partial charge on any atom is 0.322 e. The molecule has 1 aliphatic rings. The average molecular weight is 247 g/mol. The first-order chi connectivity index (χ1) is 8.70. The molecule has 1 atom stereocenters. The highest BCUT2D eigenvalue weighted by Crippen LogP contribution is 2.21. The predicted octanol–water partition coefficient (Wildman–Crippen LogP) is 3.07. The molecule has 2 rings (SSSR count). The monoisotopic (exact) mass is 247 g/mol. The fraction of sp³-hybridized carbons (Fsp3) is 0.500. The van der Waals surface area contributed by atoms with Crippen molar-refractivity contribution in [2.24, 2.45) is 0 Å². The molecule has 0 bridgehead atoms. The van der Waals surface area contributed by atoms with E-state index in [9.17, 15) is 4.79 Å². The summed E-state index contributed by atoms with van der Waals surface area (Å²) in [5.74, 6) is 0. The Labute approximate surface area is 108 Å². The third kappa shape index (κ3) is 2.94. The molecular formula is C14H21N3O. The van der Waals surface area contributed by atoms with Crippen molar-refractivity contribution >= 4 is 17.4 Å². The lowest BCUT2D eigenvalue weighted by Gasteiger charge is -2.35. The molecule has 1 heterocycles. The van der Waals surface area contributed by atoms with Gasteiger partial charge in [0.25, 0.3) is 0 Å². The van der Waals surface area contributed by atoms with Crippen LogP contribution in [0.3, 0.4) is 0 Å². The SMILES string of the molecule is CCC1CCCCN1C(=O)Nc1cccc(N)c1. The molecule has 1 unspecified atom stereocenters. The van der Waals surface area contributed by atoms with E-state index in [0.717, 1.165) is 31.5 Å². The van der Waals surface area contributed by atoms with Crippen molar-refractivity contribution < 1.29 is 4.79 Å². The first kappa shape index (κ1) is 12.7. The zero-order valence-electron chi connectivity index (χ0n) is 10.9. The topological polar surface area (TPSA) is 58.4 Å². The quantitative estimate of drug-likeness (QED) is 0.789. The number of nitrogens with zero attached hydrogens (tertiary/aromatic N) is 1. The summed E-state index contributed by atoms with van der Waals surface area (Å²) in [5.41, 5.74) is 7.13. The smallest absolute Gasteiger partial charge is 0.322 e. The molecule has 0 spiro atoms. The van der Waals surface area contributed by atoms with E-state index in [1.165, 1.54) is 6.42 Å². The van der Waals surface area contributed by atoms with Crippen LogP contribution in [0, 0.1) is 0 Å². The van der Waals surface area contributed by atoms with Gasteiger partial charge in [-0.25, -0.2) is 4.79 Å². The molecule has 4 nitrogen and oxygen atoms in total. The molecule has 3 N–H and O–H groups in total. The van der Waals surface area contributed by atoms with Crippen LogP contribution in [-0.2, 0) is 0 Å². The van der Waals surface area contributed by atoms with Crippen molar-refractivity contribution in [2.75, 3.05) is 17.6 Å². The number of hydrogen-bond donors (Lipinski definition) is 2. The van der Waals surface area contributed by atoms with Crippen molar-refractivity contribution in [3.8, 4) is 0 Å². The fourth-order valence-electron chi connectivity index (χ4n) is 2.50. The molecule has 0 saturated carbocycles. The minimum absolute atomic E-state index is 0.00727. The van der Waals surface area contributed by atoms with Gasteiger partial charge in [0.2, 0.25) is 0 Å². The number of anilines is 2. The Hall–Kier alpha value is -1.71. The van der Waals surface area contributed by atoms with Crippen molar-refractivity contribution in [1.82, 2.24) is 4.90 Å². The first-order valence-electron chi connectivity index (χ1n) is 6.64. The summed E-state index contributed by atoms with van der Waals surface area (Å²) in [5, 5.41) is 2.92. The van der Waals surface area contributed by atoms with Gasteiger partial charge in [0.1, 0.15) is 0 Å². The Kier molecular flexibility index (Phi) is 4.07. The largest absolute Gasteiger partial charge is 0.399 e. The van der Waals surface area contributed by atoms with E-state index in [4.69, 9.17) is 5.73 Å². The molecule has 0 aliphatic carbocycles. The van der Waals surface area contributed by atoms with E-state index >= 15 is 0 Å². The molecular weight excluding hydrogens is 226 g/mol. The maximum atomic E-state index is 12.2. The third-order valence-corrected chi connectivity index (χ3v) is 3.50. The Morgan fingerprint density at radius 2 is 2.33 bits per heavy atom. The lowest BCUT2D eigenvalue weighted by molar-refractivity contribution is 0.160. The van der Waals surface area contributed by atoms with Crippen LogP contribution in [0.5, 0.6) is 0 Å². The number of likely N-dealkylation sites (tertiary alicyclic amines) is 1.